The topological polar surface area (TPSA) is 90.9 Å². The molecule has 1 saturated carbocycles. The molecule has 2 aromatic carbocycles. The summed E-state index contributed by atoms with van der Waals surface area (Å²) in [5.74, 6) is 0.209. The number of nitrogens with one attached hydrogen (secondary N) is 2. The molecule has 1 aliphatic heterocycles. The summed E-state index contributed by atoms with van der Waals surface area (Å²) in [6.45, 7) is 7.14. The summed E-state index contributed by atoms with van der Waals surface area (Å²) >= 11 is 0. The van der Waals surface area contributed by atoms with Crippen LogP contribution in [0.25, 0.3) is 11.8 Å². The van der Waals surface area contributed by atoms with Gasteiger partial charge in [0.15, 0.2) is 0 Å². The Morgan fingerprint density at radius 3 is 2.72 bits per heavy atom. The minimum atomic E-state index is -0.412. The molecule has 1 fully saturated rings. The number of hydrogen-bond acceptors (Lipinski definition) is 6. The highest BCUT2D eigenvalue weighted by Gasteiger charge is 2.30. The Balaban J connectivity index is 1.49. The van der Waals surface area contributed by atoms with E-state index in [1.54, 1.807) is 12.1 Å². The number of aryl methyl sites for hydroxylation is 1. The smallest absolute Gasteiger partial charge is 0.141 e. The molecule has 0 spiro atoms. The average Bonchev–Trinajstić information content (AvgIpc) is 2.87. The lowest BCUT2D eigenvalue weighted by Crippen LogP contribution is -2.38. The van der Waals surface area contributed by atoms with Gasteiger partial charge in [0.25, 0.3) is 0 Å². The van der Waals surface area contributed by atoms with Gasteiger partial charge in [-0.25, -0.2) is 14.4 Å². The summed E-state index contributed by atoms with van der Waals surface area (Å²) in [7, 11) is 0. The molecule has 6 nitrogen and oxygen atoms in total. The molecular formula is C29H31FN6. The summed E-state index contributed by atoms with van der Waals surface area (Å²) in [6, 6.07) is 12.6. The molecule has 3 aromatic rings. The van der Waals surface area contributed by atoms with Gasteiger partial charge in [0.2, 0.25) is 0 Å². The number of nitrogens with two attached hydrogens (primary N) is 1. The Kier molecular flexibility index (Phi) is 6.55. The van der Waals surface area contributed by atoms with Crippen LogP contribution >= 0.6 is 0 Å². The van der Waals surface area contributed by atoms with Gasteiger partial charge in [-0.15, -0.1) is 0 Å². The molecule has 2 aliphatic rings. The average molecular weight is 483 g/mol. The van der Waals surface area contributed by atoms with Crippen molar-refractivity contribution in [1.29, 1.82) is 5.41 Å². The van der Waals surface area contributed by atoms with E-state index in [-0.39, 0.29) is 11.5 Å². The third-order valence-electron chi connectivity index (χ3n) is 7.13. The van der Waals surface area contributed by atoms with Crippen molar-refractivity contribution < 1.29 is 4.39 Å². The lowest BCUT2D eigenvalue weighted by molar-refractivity contribution is 0.272. The third kappa shape index (κ3) is 4.49. The zero-order valence-electron chi connectivity index (χ0n) is 20.5. The molecule has 0 amide bonds. The van der Waals surface area contributed by atoms with Crippen molar-refractivity contribution in [3.63, 3.8) is 0 Å². The summed E-state index contributed by atoms with van der Waals surface area (Å²) in [5, 5.41) is 12.1. The lowest BCUT2D eigenvalue weighted by Gasteiger charge is -2.42. The van der Waals surface area contributed by atoms with Crippen LogP contribution in [-0.4, -0.2) is 33.2 Å². The van der Waals surface area contributed by atoms with Crippen molar-refractivity contribution in [2.45, 2.75) is 45.1 Å². The van der Waals surface area contributed by atoms with E-state index in [4.69, 9.17) is 11.1 Å². The molecule has 1 aromatic heterocycles. The molecule has 4 N–H and O–H groups in total. The van der Waals surface area contributed by atoms with Gasteiger partial charge in [0.1, 0.15) is 23.8 Å². The number of anilines is 2. The van der Waals surface area contributed by atoms with Gasteiger partial charge in [0, 0.05) is 28.6 Å². The van der Waals surface area contributed by atoms with Crippen LogP contribution in [0.4, 0.5) is 16.0 Å². The van der Waals surface area contributed by atoms with Crippen molar-refractivity contribution in [1.82, 2.24) is 14.9 Å². The Morgan fingerprint density at radius 1 is 1.17 bits per heavy atom. The van der Waals surface area contributed by atoms with Gasteiger partial charge in [-0.3, -0.25) is 5.41 Å². The molecule has 0 bridgehead atoms. The molecule has 7 heteroatoms. The van der Waals surface area contributed by atoms with Crippen LogP contribution in [0.15, 0.2) is 61.1 Å². The molecule has 36 heavy (non-hydrogen) atoms. The molecular weight excluding hydrogens is 451 g/mol. The van der Waals surface area contributed by atoms with E-state index < -0.39 is 5.82 Å². The second-order valence-corrected chi connectivity index (χ2v) is 9.50. The van der Waals surface area contributed by atoms with Crippen LogP contribution < -0.4 is 11.1 Å². The first-order chi connectivity index (χ1) is 17.4. The zero-order valence-corrected chi connectivity index (χ0v) is 20.5. The van der Waals surface area contributed by atoms with Crippen molar-refractivity contribution in [2.75, 3.05) is 17.6 Å². The van der Waals surface area contributed by atoms with Crippen LogP contribution in [0.3, 0.4) is 0 Å². The molecule has 2 heterocycles. The van der Waals surface area contributed by atoms with Gasteiger partial charge < -0.3 is 16.0 Å². The number of halogens is 1. The number of hydrogen-bond donors (Lipinski definition) is 3. The van der Waals surface area contributed by atoms with Gasteiger partial charge >= 0.3 is 0 Å². The quantitative estimate of drug-likeness (QED) is 0.375. The van der Waals surface area contributed by atoms with Crippen LogP contribution in [0.1, 0.15) is 59.9 Å². The summed E-state index contributed by atoms with van der Waals surface area (Å²) in [4.78, 5) is 10.9. The number of benzene rings is 2. The van der Waals surface area contributed by atoms with Crippen molar-refractivity contribution in [3.8, 4) is 0 Å². The summed E-state index contributed by atoms with van der Waals surface area (Å²) < 4.78 is 13.8. The van der Waals surface area contributed by atoms with Crippen molar-refractivity contribution >= 4 is 29.1 Å². The van der Waals surface area contributed by atoms with E-state index in [1.807, 2.05) is 0 Å². The normalized spacial score (nSPS) is 15.9. The third-order valence-corrected chi connectivity index (χ3v) is 7.13. The minimum absolute atomic E-state index is 0.0715. The van der Waals surface area contributed by atoms with E-state index in [1.165, 1.54) is 48.8 Å². The Labute approximate surface area is 211 Å². The molecule has 184 valence electrons. The van der Waals surface area contributed by atoms with Crippen LogP contribution in [0.5, 0.6) is 0 Å². The first kappa shape index (κ1) is 23.7. The van der Waals surface area contributed by atoms with Gasteiger partial charge in [-0.05, 0) is 49.1 Å². The van der Waals surface area contributed by atoms with E-state index >= 15 is 0 Å². The van der Waals surface area contributed by atoms with Gasteiger partial charge in [-0.1, -0.05) is 56.2 Å². The Bertz CT molecular complexity index is 1360. The maximum Gasteiger partial charge on any atom is 0.141 e. The largest absolute Gasteiger partial charge is 0.383 e. The lowest BCUT2D eigenvalue weighted by atomic mass is 9.88. The van der Waals surface area contributed by atoms with E-state index in [0.29, 0.717) is 29.5 Å². The predicted octanol–water partition coefficient (Wildman–Crippen LogP) is 5.99. The maximum absolute atomic E-state index is 13.8. The molecule has 0 saturated heterocycles. The van der Waals surface area contributed by atoms with Crippen LogP contribution in [0, 0.1) is 18.2 Å². The van der Waals surface area contributed by atoms with Crippen molar-refractivity contribution in [2.24, 2.45) is 0 Å². The maximum atomic E-state index is 13.8. The highest BCUT2D eigenvalue weighted by Crippen LogP contribution is 2.39. The second-order valence-electron chi connectivity index (χ2n) is 9.50. The SMILES string of the molecule is C=C1c2c(C)cccc2C=C(CNc2ncnc(N)c2C(=N)c2cccc(F)c2)N1C1CCCCC1. The van der Waals surface area contributed by atoms with Crippen LogP contribution in [0.2, 0.25) is 0 Å². The zero-order chi connectivity index (χ0) is 25.2. The van der Waals surface area contributed by atoms with E-state index in [9.17, 15) is 4.39 Å². The summed E-state index contributed by atoms with van der Waals surface area (Å²) in [6.07, 6.45) is 9.57. The highest BCUT2D eigenvalue weighted by atomic mass is 19.1. The number of nitrogen functional groups attached to an aromatic ring is 1. The first-order valence-corrected chi connectivity index (χ1v) is 12.4. The molecule has 0 atom stereocenters. The molecule has 1 aliphatic carbocycles. The highest BCUT2D eigenvalue weighted by molar-refractivity contribution is 6.16. The van der Waals surface area contributed by atoms with E-state index in [2.05, 4.69) is 58.0 Å². The number of aromatic nitrogens is 2. The van der Waals surface area contributed by atoms with E-state index in [0.717, 1.165) is 29.8 Å². The fraction of sp³-hybridized carbons (Fsp3) is 0.276. The van der Waals surface area contributed by atoms with Crippen LogP contribution in [-0.2, 0) is 0 Å². The fourth-order valence-corrected chi connectivity index (χ4v) is 5.42. The molecule has 0 unspecified atom stereocenters. The molecule has 5 rings (SSSR count). The standard InChI is InChI=1S/C29H31FN6/c1-18-8-6-9-20-15-24(36(19(2)25(18)20)23-12-4-3-5-13-23)16-33-29-26(28(32)34-17-35-29)27(31)21-10-7-11-22(30)14-21/h6-11,14-15,17,23,31H,2-5,12-13,16H2,1H3,(H3,32,33,34,35). The minimum Gasteiger partial charge on any atom is -0.383 e. The van der Waals surface area contributed by atoms with Gasteiger partial charge in [-0.2, -0.15) is 0 Å². The first-order valence-electron chi connectivity index (χ1n) is 12.4. The number of nitrogens with zero attached hydrogens (tertiary/aromatic N) is 3. The molecule has 0 radical (unpaired) electrons. The number of rotatable bonds is 6. The second kappa shape index (κ2) is 9.93. The Morgan fingerprint density at radius 2 is 1.94 bits per heavy atom. The Hall–Kier alpha value is -4.00. The van der Waals surface area contributed by atoms with Gasteiger partial charge in [0.05, 0.1) is 17.8 Å². The predicted molar refractivity (Wildman–Crippen MR) is 144 cm³/mol. The monoisotopic (exact) mass is 482 g/mol. The van der Waals surface area contributed by atoms with Crippen molar-refractivity contribution in [3.05, 3.63) is 94.7 Å². The fourth-order valence-electron chi connectivity index (χ4n) is 5.42. The summed E-state index contributed by atoms with van der Waals surface area (Å²) in [5.41, 5.74) is 12.7. The number of fused-ring (bicyclic) bond motifs is 1.